The van der Waals surface area contributed by atoms with Crippen LogP contribution in [0.4, 0.5) is 4.79 Å². The summed E-state index contributed by atoms with van der Waals surface area (Å²) in [6, 6.07) is 0. The van der Waals surface area contributed by atoms with Gasteiger partial charge in [-0.2, -0.15) is 0 Å². The standard InChI is InChI=1S/C54H98NO8P/c1-10-11-12-13-14-15-16-17-18-19-20-21-22-23-24-25-38-59-41-47(42-61-64(57,58)60-39-37-55(7,8)9)63-52(56)62-46-33-35-53(5)45(40-46)29-30-48-50-32-31-49(44(4)28-26-27-43(2)3)54(50,6)36-34-51(48)53/h17-18,29,43-44,46-51H,10-16,19-28,30-42H2,1-9H3/b18-17+/t44-,46+,47?,48+,49-,50+,51+,53+,54-/m1/s1. The van der Waals surface area contributed by atoms with Crippen LogP contribution < -0.4 is 4.89 Å². The summed E-state index contributed by atoms with van der Waals surface area (Å²) >= 11 is 0. The van der Waals surface area contributed by atoms with Crippen LogP contribution in [-0.4, -0.2) is 77.0 Å². The molecule has 3 saturated carbocycles. The number of unbranched alkanes of at least 4 members (excludes halogenated alkanes) is 12. The van der Waals surface area contributed by atoms with E-state index in [1.807, 2.05) is 21.1 Å². The Labute approximate surface area is 393 Å². The number of fused-ring (bicyclic) bond motifs is 5. The summed E-state index contributed by atoms with van der Waals surface area (Å²) in [5, 5.41) is 0. The lowest BCUT2D eigenvalue weighted by Crippen LogP contribution is -2.51. The van der Waals surface area contributed by atoms with Crippen LogP contribution in [0.25, 0.3) is 0 Å². The lowest BCUT2D eigenvalue weighted by atomic mass is 9.47. The monoisotopic (exact) mass is 920 g/mol. The molecule has 0 heterocycles. The number of hydrogen-bond acceptors (Lipinski definition) is 8. The fourth-order valence-corrected chi connectivity index (χ4v) is 13.2. The van der Waals surface area contributed by atoms with Crippen molar-refractivity contribution in [2.75, 3.05) is 54.1 Å². The van der Waals surface area contributed by atoms with Gasteiger partial charge < -0.3 is 32.6 Å². The van der Waals surface area contributed by atoms with E-state index in [-0.39, 0.29) is 31.3 Å². The Morgan fingerprint density at radius 1 is 0.812 bits per heavy atom. The number of carbonyl (C=O) groups is 1. The van der Waals surface area contributed by atoms with Crippen LogP contribution >= 0.6 is 7.82 Å². The molecule has 10 atom stereocenters. The molecule has 0 aromatic carbocycles. The van der Waals surface area contributed by atoms with E-state index in [0.29, 0.717) is 29.0 Å². The average Bonchev–Trinajstić information content (AvgIpc) is 3.59. The van der Waals surface area contributed by atoms with Gasteiger partial charge in [0.05, 0.1) is 34.4 Å². The van der Waals surface area contributed by atoms with Crippen molar-refractivity contribution in [3.63, 3.8) is 0 Å². The molecule has 0 bridgehead atoms. The van der Waals surface area contributed by atoms with Gasteiger partial charge in [0, 0.05) is 13.0 Å². The number of ether oxygens (including phenoxy) is 3. The van der Waals surface area contributed by atoms with Gasteiger partial charge in [-0.25, -0.2) is 4.79 Å². The second-order valence-corrected chi connectivity index (χ2v) is 24.3. The Bertz CT molecular complexity index is 1440. The molecule has 4 aliphatic carbocycles. The molecule has 9 nitrogen and oxygen atoms in total. The summed E-state index contributed by atoms with van der Waals surface area (Å²) in [5.74, 6) is 4.67. The number of quaternary nitrogens is 1. The van der Waals surface area contributed by atoms with E-state index in [9.17, 15) is 14.3 Å². The lowest BCUT2D eigenvalue weighted by molar-refractivity contribution is -0.870. The quantitative estimate of drug-likeness (QED) is 0.0216. The highest BCUT2D eigenvalue weighted by atomic mass is 31.2. The van der Waals surface area contributed by atoms with Crippen molar-refractivity contribution in [1.29, 1.82) is 0 Å². The first-order chi connectivity index (χ1) is 30.5. The van der Waals surface area contributed by atoms with Crippen LogP contribution in [0.15, 0.2) is 23.8 Å². The maximum atomic E-state index is 13.4. The van der Waals surface area contributed by atoms with Crippen molar-refractivity contribution in [2.24, 2.45) is 46.3 Å². The Hall–Kier alpha value is -1.22. The number of nitrogens with zero attached hydrogens (tertiary/aromatic N) is 1. The van der Waals surface area contributed by atoms with Gasteiger partial charge in [0.15, 0.2) is 6.10 Å². The minimum Gasteiger partial charge on any atom is -0.756 e. The number of hydrogen-bond donors (Lipinski definition) is 0. The van der Waals surface area contributed by atoms with E-state index in [0.717, 1.165) is 74.5 Å². The van der Waals surface area contributed by atoms with Gasteiger partial charge in [-0.3, -0.25) is 4.57 Å². The second kappa shape index (κ2) is 27.7. The third kappa shape index (κ3) is 18.4. The van der Waals surface area contributed by atoms with Gasteiger partial charge in [-0.1, -0.05) is 142 Å². The van der Waals surface area contributed by atoms with E-state index in [2.05, 4.69) is 59.8 Å². The molecule has 0 aromatic rings. The van der Waals surface area contributed by atoms with Crippen molar-refractivity contribution in [3.8, 4) is 0 Å². The highest BCUT2D eigenvalue weighted by Gasteiger charge is 2.59. The fraction of sp³-hybridized carbons (Fsp3) is 0.907. The normalized spacial score (nSPS) is 28.9. The van der Waals surface area contributed by atoms with Gasteiger partial charge >= 0.3 is 6.16 Å². The van der Waals surface area contributed by atoms with E-state index >= 15 is 0 Å². The second-order valence-electron chi connectivity index (χ2n) is 22.9. The number of phosphoric ester groups is 1. The first-order valence-electron chi connectivity index (χ1n) is 26.7. The third-order valence-corrected chi connectivity index (χ3v) is 17.3. The van der Waals surface area contributed by atoms with Crippen LogP contribution in [0.3, 0.4) is 0 Å². The van der Waals surface area contributed by atoms with Gasteiger partial charge in [0.1, 0.15) is 19.3 Å². The molecule has 372 valence electrons. The Morgan fingerprint density at radius 2 is 1.48 bits per heavy atom. The zero-order chi connectivity index (χ0) is 46.6. The molecule has 2 unspecified atom stereocenters. The molecular weight excluding hydrogens is 822 g/mol. The fourth-order valence-electron chi connectivity index (χ4n) is 12.5. The lowest BCUT2D eigenvalue weighted by Gasteiger charge is -2.58. The van der Waals surface area contributed by atoms with Crippen molar-refractivity contribution in [3.05, 3.63) is 23.8 Å². The molecule has 4 rings (SSSR count). The smallest absolute Gasteiger partial charge is 0.508 e. The predicted octanol–water partition coefficient (Wildman–Crippen LogP) is 14.2. The van der Waals surface area contributed by atoms with E-state index in [1.165, 1.54) is 121 Å². The summed E-state index contributed by atoms with van der Waals surface area (Å²) in [6.45, 7) is 15.3. The maximum Gasteiger partial charge on any atom is 0.508 e. The summed E-state index contributed by atoms with van der Waals surface area (Å²) in [6.07, 6.45) is 35.7. The predicted molar refractivity (Wildman–Crippen MR) is 261 cm³/mol. The molecule has 0 N–H and O–H groups in total. The Kier molecular flexibility index (Phi) is 24.0. The van der Waals surface area contributed by atoms with E-state index < -0.39 is 20.1 Å². The number of carbonyl (C=O) groups excluding carboxylic acids is 1. The van der Waals surface area contributed by atoms with Crippen LogP contribution in [0.1, 0.15) is 202 Å². The van der Waals surface area contributed by atoms with Gasteiger partial charge in [0.2, 0.25) is 0 Å². The highest BCUT2D eigenvalue weighted by molar-refractivity contribution is 7.45. The summed E-state index contributed by atoms with van der Waals surface area (Å²) in [7, 11) is 1.27. The van der Waals surface area contributed by atoms with E-state index in [4.69, 9.17) is 23.3 Å². The first kappa shape index (κ1) is 55.4. The van der Waals surface area contributed by atoms with Gasteiger partial charge in [-0.15, -0.1) is 0 Å². The average molecular weight is 920 g/mol. The summed E-state index contributed by atoms with van der Waals surface area (Å²) < 4.78 is 41.3. The zero-order valence-electron chi connectivity index (χ0n) is 42.7. The topological polar surface area (TPSA) is 103 Å². The van der Waals surface area contributed by atoms with Crippen molar-refractivity contribution < 1.29 is 42.0 Å². The van der Waals surface area contributed by atoms with Gasteiger partial charge in [0.25, 0.3) is 7.82 Å². The van der Waals surface area contributed by atoms with Gasteiger partial charge in [-0.05, 0) is 123 Å². The molecule has 0 saturated heterocycles. The van der Waals surface area contributed by atoms with Crippen LogP contribution in [0, 0.1) is 46.3 Å². The van der Waals surface area contributed by atoms with Crippen molar-refractivity contribution in [1.82, 2.24) is 0 Å². The Morgan fingerprint density at radius 3 is 2.16 bits per heavy atom. The molecule has 0 aromatic heterocycles. The number of likely N-dealkylation sites (N-methyl/N-ethyl adjacent to an activating group) is 1. The summed E-state index contributed by atoms with van der Waals surface area (Å²) in [4.78, 5) is 26.0. The maximum absolute atomic E-state index is 13.4. The zero-order valence-corrected chi connectivity index (χ0v) is 43.6. The molecule has 10 heteroatoms. The molecule has 0 radical (unpaired) electrons. The molecule has 64 heavy (non-hydrogen) atoms. The molecule has 0 spiro atoms. The molecular formula is C54H98NO8P. The SMILES string of the molecule is CCCCCCCC/C=C/CCCCCCCCOCC(COP(=O)([O-])OCC[N+](C)(C)C)OC(=O)O[C@H]1CC[C@@]2(C)C(=CC[C@H]3[C@@H]4CC[C@H]([C@H](C)CCCC(C)C)[C@@]4(C)CC[C@@H]32)C1. The highest BCUT2D eigenvalue weighted by Crippen LogP contribution is 2.67. The minimum atomic E-state index is -4.61. The van der Waals surface area contributed by atoms with Crippen LogP contribution in [-0.2, 0) is 27.8 Å². The molecule has 3 fully saturated rings. The van der Waals surface area contributed by atoms with Crippen LogP contribution in [0.2, 0.25) is 0 Å². The number of allylic oxidation sites excluding steroid dienone is 3. The third-order valence-electron chi connectivity index (χ3n) is 16.3. The first-order valence-corrected chi connectivity index (χ1v) is 28.1. The molecule has 0 amide bonds. The number of rotatable bonds is 32. The van der Waals surface area contributed by atoms with E-state index in [1.54, 1.807) is 0 Å². The van der Waals surface area contributed by atoms with Crippen LogP contribution in [0.5, 0.6) is 0 Å². The van der Waals surface area contributed by atoms with Crippen molar-refractivity contribution in [2.45, 2.75) is 214 Å². The molecule has 0 aliphatic heterocycles. The number of phosphoric acid groups is 1. The largest absolute Gasteiger partial charge is 0.756 e. The minimum absolute atomic E-state index is 0.000612. The molecule has 4 aliphatic rings. The Balaban J connectivity index is 1.21. The summed E-state index contributed by atoms with van der Waals surface area (Å²) in [5.41, 5.74) is 2.05. The van der Waals surface area contributed by atoms with Crippen molar-refractivity contribution >= 4 is 14.0 Å².